The summed E-state index contributed by atoms with van der Waals surface area (Å²) in [5.74, 6) is 0.956. The number of fused-ring (bicyclic) bond motifs is 2. The smallest absolute Gasteiger partial charge is 0.140 e. The van der Waals surface area contributed by atoms with E-state index in [1.165, 1.54) is 5.69 Å². The number of anilines is 2. The van der Waals surface area contributed by atoms with E-state index in [9.17, 15) is 5.11 Å². The van der Waals surface area contributed by atoms with Crippen LogP contribution in [0.4, 0.5) is 11.5 Å². The number of aromatic nitrogens is 3. The van der Waals surface area contributed by atoms with Gasteiger partial charge in [-0.2, -0.15) is 0 Å². The highest BCUT2D eigenvalue weighted by Gasteiger charge is 2.24. The molecule has 2 fully saturated rings. The Morgan fingerprint density at radius 1 is 0.971 bits per heavy atom. The van der Waals surface area contributed by atoms with Gasteiger partial charge in [0.1, 0.15) is 23.3 Å². The third-order valence-corrected chi connectivity index (χ3v) is 7.71. The summed E-state index contributed by atoms with van der Waals surface area (Å²) in [6, 6.07) is 14.5. The third-order valence-electron chi connectivity index (χ3n) is 6.57. The summed E-state index contributed by atoms with van der Waals surface area (Å²) < 4.78 is 6.60. The van der Waals surface area contributed by atoms with Gasteiger partial charge in [-0.05, 0) is 36.8 Å². The normalized spacial score (nSPS) is 18.6. The van der Waals surface area contributed by atoms with E-state index < -0.39 is 6.10 Å². The molecule has 1 unspecified atom stereocenters. The van der Waals surface area contributed by atoms with Gasteiger partial charge in [0.05, 0.1) is 35.6 Å². The Kier molecular flexibility index (Phi) is 6.00. The molecule has 8 nitrogen and oxygen atoms in total. The first-order valence-corrected chi connectivity index (χ1v) is 12.6. The van der Waals surface area contributed by atoms with Gasteiger partial charge in [-0.1, -0.05) is 12.1 Å². The van der Waals surface area contributed by atoms with Crippen molar-refractivity contribution in [3.63, 3.8) is 0 Å². The zero-order valence-corrected chi connectivity index (χ0v) is 19.8. The van der Waals surface area contributed by atoms with Crippen molar-refractivity contribution < 1.29 is 9.84 Å². The molecule has 0 aliphatic carbocycles. The van der Waals surface area contributed by atoms with E-state index in [1.54, 1.807) is 17.7 Å². The van der Waals surface area contributed by atoms with Crippen LogP contribution in [0, 0.1) is 0 Å². The highest BCUT2D eigenvalue weighted by Crippen LogP contribution is 2.30. The summed E-state index contributed by atoms with van der Waals surface area (Å²) >= 11 is 1.57. The fraction of sp³-hybridized carbons (Fsp3) is 0.400. The fourth-order valence-corrected chi connectivity index (χ4v) is 5.79. The second kappa shape index (κ2) is 9.42. The Morgan fingerprint density at radius 2 is 1.85 bits per heavy atom. The molecule has 176 valence electrons. The van der Waals surface area contributed by atoms with Gasteiger partial charge < -0.3 is 19.6 Å². The summed E-state index contributed by atoms with van der Waals surface area (Å²) in [7, 11) is 0. The van der Waals surface area contributed by atoms with Crippen molar-refractivity contribution in [1.82, 2.24) is 19.9 Å². The predicted octanol–water partition coefficient (Wildman–Crippen LogP) is 3.28. The number of rotatable bonds is 5. The molecule has 1 atom stereocenters. The first kappa shape index (κ1) is 21.7. The molecule has 0 spiro atoms. The van der Waals surface area contributed by atoms with Crippen LogP contribution in [0.25, 0.3) is 21.1 Å². The van der Waals surface area contributed by atoms with Crippen LogP contribution in [0.3, 0.4) is 0 Å². The molecule has 2 saturated heterocycles. The molecule has 4 aromatic rings. The number of hydrogen-bond acceptors (Lipinski definition) is 9. The van der Waals surface area contributed by atoms with Crippen LogP contribution < -0.4 is 9.80 Å². The van der Waals surface area contributed by atoms with Crippen LogP contribution in [-0.2, 0) is 4.74 Å². The van der Waals surface area contributed by atoms with Gasteiger partial charge in [0.2, 0.25) is 0 Å². The topological polar surface area (TPSA) is 77.9 Å². The van der Waals surface area contributed by atoms with Crippen LogP contribution >= 0.6 is 11.3 Å². The standard InChI is InChI=1S/C25H28N6O2S/c32-22(25-28-20-4-1-2-5-23(20)34-25)15-29-8-3-9-31(17-29)24-19-7-6-18(14-21(19)26-16-27-24)30-10-12-33-13-11-30/h1-2,4-7,14,16,22,32H,3,8-13,15,17H2. The highest BCUT2D eigenvalue weighted by atomic mass is 32.1. The Morgan fingerprint density at radius 3 is 2.74 bits per heavy atom. The molecular formula is C25H28N6O2S. The summed E-state index contributed by atoms with van der Waals surface area (Å²) in [6.45, 7) is 6.50. The third kappa shape index (κ3) is 4.32. The van der Waals surface area contributed by atoms with Crippen molar-refractivity contribution >= 4 is 44.0 Å². The van der Waals surface area contributed by atoms with E-state index >= 15 is 0 Å². The number of morpholine rings is 1. The van der Waals surface area contributed by atoms with Gasteiger partial charge >= 0.3 is 0 Å². The van der Waals surface area contributed by atoms with Crippen LogP contribution in [0.5, 0.6) is 0 Å². The predicted molar refractivity (Wildman–Crippen MR) is 136 cm³/mol. The van der Waals surface area contributed by atoms with Gasteiger partial charge in [0, 0.05) is 43.8 Å². The lowest BCUT2D eigenvalue weighted by Crippen LogP contribution is -2.46. The Labute approximate surface area is 202 Å². The van der Waals surface area contributed by atoms with Gasteiger partial charge in [-0.25, -0.2) is 15.0 Å². The van der Waals surface area contributed by atoms with Crippen molar-refractivity contribution in [3.05, 3.63) is 53.8 Å². The van der Waals surface area contributed by atoms with Crippen molar-refractivity contribution in [2.45, 2.75) is 12.5 Å². The van der Waals surface area contributed by atoms with Crippen molar-refractivity contribution in [3.8, 4) is 0 Å². The van der Waals surface area contributed by atoms with Crippen molar-refractivity contribution in [2.24, 2.45) is 0 Å². The summed E-state index contributed by atoms with van der Waals surface area (Å²) in [5, 5.41) is 12.7. The quantitative estimate of drug-likeness (QED) is 0.470. The lowest BCUT2D eigenvalue weighted by molar-refractivity contribution is 0.105. The summed E-state index contributed by atoms with van der Waals surface area (Å²) in [4.78, 5) is 20.8. The molecule has 0 saturated carbocycles. The molecule has 2 aliphatic heterocycles. The highest BCUT2D eigenvalue weighted by molar-refractivity contribution is 7.18. The number of benzene rings is 2. The van der Waals surface area contributed by atoms with Crippen molar-refractivity contribution in [1.29, 1.82) is 0 Å². The van der Waals surface area contributed by atoms with E-state index in [0.29, 0.717) is 6.54 Å². The van der Waals surface area contributed by atoms with Crippen LogP contribution in [0.1, 0.15) is 17.5 Å². The Balaban J connectivity index is 1.19. The number of β-amino-alcohol motifs (C(OH)–C–C–N with tert-alkyl or cyclic N) is 1. The number of aliphatic hydroxyl groups excluding tert-OH is 1. The second-order valence-electron chi connectivity index (χ2n) is 8.87. The number of nitrogens with zero attached hydrogens (tertiary/aromatic N) is 6. The summed E-state index contributed by atoms with van der Waals surface area (Å²) in [5.41, 5.74) is 3.09. The number of para-hydroxylation sites is 1. The zero-order valence-electron chi connectivity index (χ0n) is 19.0. The van der Waals surface area contributed by atoms with Gasteiger partial charge in [-0.3, -0.25) is 4.90 Å². The van der Waals surface area contributed by atoms with E-state index in [2.05, 4.69) is 53.9 Å². The van der Waals surface area contributed by atoms with Crippen LogP contribution in [0.15, 0.2) is 48.8 Å². The number of thiazole rings is 1. The van der Waals surface area contributed by atoms with Crippen LogP contribution in [-0.4, -0.2) is 77.6 Å². The molecule has 34 heavy (non-hydrogen) atoms. The number of ether oxygens (including phenoxy) is 1. The minimum absolute atomic E-state index is 0.556. The molecule has 6 rings (SSSR count). The van der Waals surface area contributed by atoms with E-state index in [1.807, 2.05) is 18.2 Å². The Hall–Kier alpha value is -2.85. The minimum Gasteiger partial charge on any atom is -0.385 e. The molecule has 0 amide bonds. The molecule has 9 heteroatoms. The SMILES string of the molecule is OC(CN1CCCN(c2ncnc3cc(N4CCOCC4)ccc23)C1)c1nc2ccccc2s1. The van der Waals surface area contributed by atoms with Crippen LogP contribution in [0.2, 0.25) is 0 Å². The number of aliphatic hydroxyl groups is 1. The molecule has 2 aliphatic rings. The molecule has 2 aromatic heterocycles. The lowest BCUT2D eigenvalue weighted by Gasteiger charge is -2.37. The van der Waals surface area contributed by atoms with Crippen molar-refractivity contribution in [2.75, 3.05) is 62.4 Å². The molecular weight excluding hydrogens is 448 g/mol. The lowest BCUT2D eigenvalue weighted by atomic mass is 10.1. The molecule has 0 radical (unpaired) electrons. The van der Waals surface area contributed by atoms with E-state index in [-0.39, 0.29) is 0 Å². The van der Waals surface area contributed by atoms with Gasteiger partial charge in [0.25, 0.3) is 0 Å². The van der Waals surface area contributed by atoms with Gasteiger partial charge in [0.15, 0.2) is 0 Å². The number of hydrogen-bond donors (Lipinski definition) is 1. The second-order valence-corrected chi connectivity index (χ2v) is 9.93. The van der Waals surface area contributed by atoms with Gasteiger partial charge in [-0.15, -0.1) is 11.3 Å². The van der Waals surface area contributed by atoms with E-state index in [0.717, 1.165) is 84.4 Å². The molecule has 4 heterocycles. The minimum atomic E-state index is -0.601. The molecule has 1 N–H and O–H groups in total. The fourth-order valence-electron chi connectivity index (χ4n) is 4.85. The molecule has 0 bridgehead atoms. The maximum absolute atomic E-state index is 10.9. The largest absolute Gasteiger partial charge is 0.385 e. The maximum Gasteiger partial charge on any atom is 0.140 e. The first-order valence-electron chi connectivity index (χ1n) is 11.8. The van der Waals surface area contributed by atoms with E-state index in [4.69, 9.17) is 4.74 Å². The monoisotopic (exact) mass is 476 g/mol. The maximum atomic E-state index is 10.9. The Bertz CT molecular complexity index is 1260. The average Bonchev–Trinajstić information content (AvgIpc) is 3.33. The zero-order chi connectivity index (χ0) is 22.9. The average molecular weight is 477 g/mol. The molecule has 2 aromatic carbocycles. The first-order chi connectivity index (χ1) is 16.7. The summed E-state index contributed by atoms with van der Waals surface area (Å²) in [6.07, 6.45) is 2.08.